The summed E-state index contributed by atoms with van der Waals surface area (Å²) in [4.78, 5) is 4.13. The van der Waals surface area contributed by atoms with Crippen molar-refractivity contribution in [1.29, 1.82) is 0 Å². The Bertz CT molecular complexity index is 596. The molecule has 2 N–H and O–H groups in total. The molecule has 0 heterocycles. The third kappa shape index (κ3) is 7.07. The van der Waals surface area contributed by atoms with E-state index in [-0.39, 0.29) is 35.8 Å². The summed E-state index contributed by atoms with van der Waals surface area (Å²) in [7, 11) is -1.46. The number of nitrogens with one attached hydrogen (secondary N) is 2. The SMILES string of the molecule is CN=C(NCCS(=O)(=O)C(C)(C)C)NC(C)c1ccccc1.I. The van der Waals surface area contributed by atoms with Gasteiger partial charge in [0.25, 0.3) is 0 Å². The van der Waals surface area contributed by atoms with Crippen molar-refractivity contribution in [3.8, 4) is 0 Å². The fourth-order valence-electron chi connectivity index (χ4n) is 1.83. The molecule has 0 aliphatic carbocycles. The minimum atomic E-state index is -3.13. The molecule has 5 nitrogen and oxygen atoms in total. The van der Waals surface area contributed by atoms with Crippen molar-refractivity contribution in [2.75, 3.05) is 19.3 Å². The molecule has 0 aromatic heterocycles. The van der Waals surface area contributed by atoms with E-state index in [9.17, 15) is 8.42 Å². The number of guanidine groups is 1. The largest absolute Gasteiger partial charge is 0.355 e. The molecular formula is C16H28IN3O2S. The average Bonchev–Trinajstić information content (AvgIpc) is 2.45. The van der Waals surface area contributed by atoms with Gasteiger partial charge in [-0.15, -0.1) is 24.0 Å². The van der Waals surface area contributed by atoms with Gasteiger partial charge in [-0.05, 0) is 33.3 Å². The van der Waals surface area contributed by atoms with Crippen molar-refractivity contribution in [2.45, 2.75) is 38.5 Å². The number of aliphatic imine (C=N–C) groups is 1. The van der Waals surface area contributed by atoms with E-state index in [1.165, 1.54) is 0 Å². The van der Waals surface area contributed by atoms with Crippen LogP contribution in [0.15, 0.2) is 35.3 Å². The first-order chi connectivity index (χ1) is 10.2. The van der Waals surface area contributed by atoms with Gasteiger partial charge < -0.3 is 10.6 Å². The van der Waals surface area contributed by atoms with Crippen LogP contribution in [0.25, 0.3) is 0 Å². The van der Waals surface area contributed by atoms with E-state index in [2.05, 4.69) is 15.6 Å². The number of nitrogens with zero attached hydrogens (tertiary/aromatic N) is 1. The van der Waals surface area contributed by atoms with Gasteiger partial charge in [-0.3, -0.25) is 4.99 Å². The quantitative estimate of drug-likeness (QED) is 0.409. The lowest BCUT2D eigenvalue weighted by molar-refractivity contribution is 0.558. The van der Waals surface area contributed by atoms with Gasteiger partial charge in [-0.1, -0.05) is 30.3 Å². The van der Waals surface area contributed by atoms with Crippen LogP contribution in [-0.4, -0.2) is 38.5 Å². The number of benzene rings is 1. The zero-order chi connectivity index (χ0) is 16.8. The molecule has 1 aromatic carbocycles. The van der Waals surface area contributed by atoms with E-state index >= 15 is 0 Å². The van der Waals surface area contributed by atoms with Crippen molar-refractivity contribution in [1.82, 2.24) is 10.6 Å². The molecule has 1 atom stereocenters. The number of hydrogen-bond acceptors (Lipinski definition) is 3. The van der Waals surface area contributed by atoms with Crippen molar-refractivity contribution in [3.63, 3.8) is 0 Å². The Balaban J connectivity index is 0.00000484. The molecule has 0 saturated heterocycles. The highest BCUT2D eigenvalue weighted by atomic mass is 127. The second kappa shape index (κ2) is 9.46. The van der Waals surface area contributed by atoms with Gasteiger partial charge in [0, 0.05) is 13.6 Å². The predicted molar refractivity (Wildman–Crippen MR) is 108 cm³/mol. The fourth-order valence-corrected chi connectivity index (χ4v) is 2.82. The molecule has 1 aromatic rings. The number of hydrogen-bond donors (Lipinski definition) is 2. The zero-order valence-electron chi connectivity index (χ0n) is 14.5. The summed E-state index contributed by atoms with van der Waals surface area (Å²) in [5.41, 5.74) is 1.15. The molecule has 7 heteroatoms. The van der Waals surface area contributed by atoms with E-state index in [0.717, 1.165) is 5.56 Å². The highest BCUT2D eigenvalue weighted by Gasteiger charge is 2.28. The van der Waals surface area contributed by atoms with Crippen molar-refractivity contribution < 1.29 is 8.42 Å². The Morgan fingerprint density at radius 1 is 1.22 bits per heavy atom. The van der Waals surface area contributed by atoms with Gasteiger partial charge in [-0.25, -0.2) is 8.42 Å². The van der Waals surface area contributed by atoms with E-state index in [4.69, 9.17) is 0 Å². The van der Waals surface area contributed by atoms with Gasteiger partial charge >= 0.3 is 0 Å². The standard InChI is InChI=1S/C16H27N3O2S.HI/c1-13(14-9-7-6-8-10-14)19-15(17-5)18-11-12-22(20,21)16(2,3)4;/h6-10,13H,11-12H2,1-5H3,(H2,17,18,19);1H. The van der Waals surface area contributed by atoms with Crippen LogP contribution in [0, 0.1) is 0 Å². The Hall–Kier alpha value is -0.830. The fraction of sp³-hybridized carbons (Fsp3) is 0.562. The summed E-state index contributed by atoms with van der Waals surface area (Å²) < 4.78 is 23.4. The van der Waals surface area contributed by atoms with Crippen LogP contribution >= 0.6 is 24.0 Å². The molecule has 0 aliphatic rings. The van der Waals surface area contributed by atoms with Gasteiger partial charge in [0.15, 0.2) is 15.8 Å². The first-order valence-corrected chi connectivity index (χ1v) is 9.07. The third-order valence-corrected chi connectivity index (χ3v) is 6.08. The maximum atomic E-state index is 12.1. The maximum Gasteiger partial charge on any atom is 0.191 e. The maximum absolute atomic E-state index is 12.1. The Morgan fingerprint density at radius 2 is 1.78 bits per heavy atom. The minimum Gasteiger partial charge on any atom is -0.355 e. The molecule has 0 saturated carbocycles. The molecule has 0 fully saturated rings. The normalized spacial score (nSPS) is 13.9. The van der Waals surface area contributed by atoms with Crippen molar-refractivity contribution >= 4 is 39.8 Å². The smallest absolute Gasteiger partial charge is 0.191 e. The van der Waals surface area contributed by atoms with Crippen molar-refractivity contribution in [2.24, 2.45) is 4.99 Å². The lowest BCUT2D eigenvalue weighted by Crippen LogP contribution is -2.42. The third-order valence-electron chi connectivity index (χ3n) is 3.47. The summed E-state index contributed by atoms with van der Waals surface area (Å²) in [5.74, 6) is 0.678. The van der Waals surface area contributed by atoms with Gasteiger partial charge in [0.2, 0.25) is 0 Å². The molecule has 1 rings (SSSR count). The lowest BCUT2D eigenvalue weighted by Gasteiger charge is -2.21. The molecule has 0 bridgehead atoms. The summed E-state index contributed by atoms with van der Waals surface area (Å²) >= 11 is 0. The minimum absolute atomic E-state index is 0. The van der Waals surface area contributed by atoms with Crippen molar-refractivity contribution in [3.05, 3.63) is 35.9 Å². The second-order valence-electron chi connectivity index (χ2n) is 6.21. The van der Waals surface area contributed by atoms with Gasteiger partial charge in [-0.2, -0.15) is 0 Å². The van der Waals surface area contributed by atoms with Crippen LogP contribution in [0.2, 0.25) is 0 Å². The molecule has 132 valence electrons. The topological polar surface area (TPSA) is 70.6 Å². The zero-order valence-corrected chi connectivity index (χ0v) is 17.6. The number of rotatable bonds is 5. The number of sulfone groups is 1. The Morgan fingerprint density at radius 3 is 2.26 bits per heavy atom. The Kier molecular flexibility index (Phi) is 9.12. The molecule has 0 amide bonds. The second-order valence-corrected chi connectivity index (χ2v) is 9.07. The summed E-state index contributed by atoms with van der Waals surface area (Å²) in [6.45, 7) is 7.52. The highest BCUT2D eigenvalue weighted by molar-refractivity contribution is 14.0. The van der Waals surface area contributed by atoms with Crippen LogP contribution < -0.4 is 10.6 Å². The Labute approximate surface area is 157 Å². The first kappa shape index (κ1) is 22.2. The highest BCUT2D eigenvalue weighted by Crippen LogP contribution is 2.15. The van der Waals surface area contributed by atoms with Crippen LogP contribution in [0.3, 0.4) is 0 Å². The molecule has 1 unspecified atom stereocenters. The number of halogens is 1. The molecule has 0 radical (unpaired) electrons. The predicted octanol–water partition coefficient (Wildman–Crippen LogP) is 2.74. The van der Waals surface area contributed by atoms with E-state index in [0.29, 0.717) is 12.5 Å². The average molecular weight is 453 g/mol. The lowest BCUT2D eigenvalue weighted by atomic mass is 10.1. The van der Waals surface area contributed by atoms with Crippen LogP contribution in [-0.2, 0) is 9.84 Å². The first-order valence-electron chi connectivity index (χ1n) is 7.42. The monoisotopic (exact) mass is 453 g/mol. The molecule has 23 heavy (non-hydrogen) atoms. The molecule has 0 spiro atoms. The van der Waals surface area contributed by atoms with Gasteiger partial charge in [0.1, 0.15) is 0 Å². The van der Waals surface area contributed by atoms with Crippen LogP contribution in [0.4, 0.5) is 0 Å². The molecular weight excluding hydrogens is 425 g/mol. The van der Waals surface area contributed by atoms with E-state index < -0.39 is 14.6 Å². The molecule has 0 aliphatic heterocycles. The van der Waals surface area contributed by atoms with E-state index in [1.807, 2.05) is 37.3 Å². The van der Waals surface area contributed by atoms with Crippen LogP contribution in [0.5, 0.6) is 0 Å². The summed E-state index contributed by atoms with van der Waals surface area (Å²) in [6.07, 6.45) is 0. The van der Waals surface area contributed by atoms with E-state index in [1.54, 1.807) is 27.8 Å². The summed E-state index contributed by atoms with van der Waals surface area (Å²) in [6, 6.07) is 10.1. The van der Waals surface area contributed by atoms with Crippen LogP contribution in [0.1, 0.15) is 39.3 Å². The van der Waals surface area contributed by atoms with Gasteiger partial charge in [0.05, 0.1) is 16.5 Å². The summed E-state index contributed by atoms with van der Waals surface area (Å²) in [5, 5.41) is 6.31.